The van der Waals surface area contributed by atoms with Gasteiger partial charge in [0.2, 0.25) is 0 Å². The number of rotatable bonds is 5. The Morgan fingerprint density at radius 2 is 2.10 bits per heavy atom. The second-order valence-electron chi connectivity index (χ2n) is 6.59. The van der Waals surface area contributed by atoms with Crippen LogP contribution in [-0.4, -0.2) is 23.7 Å². The molecule has 21 heavy (non-hydrogen) atoms. The number of hydrogen-bond acceptors (Lipinski definition) is 3. The molecule has 116 valence electrons. The molecule has 2 aliphatic carbocycles. The molecule has 1 saturated carbocycles. The Kier molecular flexibility index (Phi) is 4.91. The van der Waals surface area contributed by atoms with Crippen molar-refractivity contribution in [3.8, 4) is 0 Å². The predicted molar refractivity (Wildman–Crippen MR) is 85.3 cm³/mol. The van der Waals surface area contributed by atoms with E-state index in [2.05, 4.69) is 18.0 Å². The monoisotopic (exact) mass is 288 g/mol. The average molecular weight is 288 g/mol. The van der Waals surface area contributed by atoms with E-state index in [1.54, 1.807) is 0 Å². The highest BCUT2D eigenvalue weighted by molar-refractivity contribution is 5.30. The highest BCUT2D eigenvalue weighted by Gasteiger charge is 2.37. The van der Waals surface area contributed by atoms with Gasteiger partial charge in [0.1, 0.15) is 0 Å². The summed E-state index contributed by atoms with van der Waals surface area (Å²) < 4.78 is 6.12. The second kappa shape index (κ2) is 6.89. The lowest BCUT2D eigenvalue weighted by Crippen LogP contribution is -2.46. The maximum Gasteiger partial charge on any atom is 0.0760 e. The van der Waals surface area contributed by atoms with E-state index in [-0.39, 0.29) is 12.1 Å². The summed E-state index contributed by atoms with van der Waals surface area (Å²) in [6, 6.07) is 4.32. The predicted octanol–water partition coefficient (Wildman–Crippen LogP) is 3.42. The molecule has 0 spiro atoms. The fourth-order valence-electron chi connectivity index (χ4n) is 4.26. The number of fused-ring (bicyclic) bond motifs is 1. The molecule has 1 fully saturated rings. The minimum absolute atomic E-state index is 0.0872. The van der Waals surface area contributed by atoms with Gasteiger partial charge in [-0.1, -0.05) is 25.3 Å². The lowest BCUT2D eigenvalue weighted by Gasteiger charge is -2.36. The quantitative estimate of drug-likeness (QED) is 0.903. The van der Waals surface area contributed by atoms with Crippen LogP contribution in [0.4, 0.5) is 0 Å². The van der Waals surface area contributed by atoms with Crippen molar-refractivity contribution in [2.24, 2.45) is 11.7 Å². The zero-order valence-electron chi connectivity index (χ0n) is 13.1. The molecule has 1 heterocycles. The molecule has 3 atom stereocenters. The van der Waals surface area contributed by atoms with E-state index in [9.17, 15) is 0 Å². The van der Waals surface area contributed by atoms with E-state index in [0.29, 0.717) is 11.8 Å². The van der Waals surface area contributed by atoms with Crippen LogP contribution in [0.2, 0.25) is 0 Å². The molecule has 0 aromatic carbocycles. The first-order valence-electron chi connectivity index (χ1n) is 8.62. The first-order chi connectivity index (χ1) is 10.3. The Morgan fingerprint density at radius 1 is 1.29 bits per heavy atom. The molecule has 0 saturated heterocycles. The first-order valence-corrected chi connectivity index (χ1v) is 8.62. The summed E-state index contributed by atoms with van der Waals surface area (Å²) in [7, 11) is 0. The molecule has 0 aliphatic heterocycles. The number of nitrogens with zero attached hydrogens (tertiary/aromatic N) is 1. The Bertz CT molecular complexity index is 456. The fourth-order valence-corrected chi connectivity index (χ4v) is 4.26. The Balaban J connectivity index is 1.76. The molecule has 2 N–H and O–H groups in total. The number of pyridine rings is 1. The molecule has 0 amide bonds. The summed E-state index contributed by atoms with van der Waals surface area (Å²) in [5.74, 6) is 1.01. The number of aryl methyl sites for hydroxylation is 1. The van der Waals surface area contributed by atoms with Crippen LogP contribution in [0.25, 0.3) is 0 Å². The summed E-state index contributed by atoms with van der Waals surface area (Å²) in [5.41, 5.74) is 9.30. The van der Waals surface area contributed by atoms with Crippen molar-refractivity contribution in [3.63, 3.8) is 0 Å². The first kappa shape index (κ1) is 15.0. The fraction of sp³-hybridized carbons (Fsp3) is 0.722. The molecule has 1 aromatic rings. The number of nitrogens with two attached hydrogens (primary N) is 1. The van der Waals surface area contributed by atoms with E-state index >= 15 is 0 Å². The smallest absolute Gasteiger partial charge is 0.0760 e. The van der Waals surface area contributed by atoms with Crippen LogP contribution in [0.1, 0.15) is 62.6 Å². The maximum atomic E-state index is 6.69. The maximum absolute atomic E-state index is 6.69. The van der Waals surface area contributed by atoms with Gasteiger partial charge >= 0.3 is 0 Å². The molecule has 1 aromatic heterocycles. The van der Waals surface area contributed by atoms with Crippen LogP contribution in [0.15, 0.2) is 18.3 Å². The van der Waals surface area contributed by atoms with Crippen LogP contribution in [0.5, 0.6) is 0 Å². The van der Waals surface area contributed by atoms with Crippen molar-refractivity contribution >= 4 is 0 Å². The lowest BCUT2D eigenvalue weighted by atomic mass is 9.79. The van der Waals surface area contributed by atoms with Crippen molar-refractivity contribution in [3.05, 3.63) is 29.6 Å². The molecule has 3 rings (SSSR count). The van der Waals surface area contributed by atoms with Gasteiger partial charge in [0.25, 0.3) is 0 Å². The SMILES string of the molecule is CCOC(C1CCCCC1)C(N)C1CCc2cccnc21. The zero-order chi connectivity index (χ0) is 14.7. The molecule has 2 aliphatic rings. The molecule has 3 nitrogen and oxygen atoms in total. The Hall–Kier alpha value is -0.930. The van der Waals surface area contributed by atoms with Gasteiger partial charge in [-0.15, -0.1) is 0 Å². The zero-order valence-corrected chi connectivity index (χ0v) is 13.1. The lowest BCUT2D eigenvalue weighted by molar-refractivity contribution is -0.0149. The standard InChI is InChI=1S/C18H28N2O/c1-2-21-18(14-7-4-3-5-8-14)16(19)15-11-10-13-9-6-12-20-17(13)15/h6,9,12,14-16,18H,2-5,7-8,10-11,19H2,1H3. The summed E-state index contributed by atoms with van der Waals surface area (Å²) in [6.45, 7) is 2.85. The molecular formula is C18H28N2O. The highest BCUT2D eigenvalue weighted by Crippen LogP contribution is 2.38. The highest BCUT2D eigenvalue weighted by atomic mass is 16.5. The minimum atomic E-state index is 0.0872. The van der Waals surface area contributed by atoms with Crippen LogP contribution in [-0.2, 0) is 11.2 Å². The van der Waals surface area contributed by atoms with Gasteiger partial charge in [-0.25, -0.2) is 0 Å². The third kappa shape index (κ3) is 3.14. The summed E-state index contributed by atoms with van der Waals surface area (Å²) in [5, 5.41) is 0. The number of aromatic nitrogens is 1. The normalized spacial score (nSPS) is 25.5. The van der Waals surface area contributed by atoms with E-state index in [1.807, 2.05) is 12.3 Å². The van der Waals surface area contributed by atoms with Crippen LogP contribution < -0.4 is 5.73 Å². The van der Waals surface area contributed by atoms with Crippen molar-refractivity contribution in [1.29, 1.82) is 0 Å². The third-order valence-corrected chi connectivity index (χ3v) is 5.32. The van der Waals surface area contributed by atoms with Crippen molar-refractivity contribution in [2.45, 2.75) is 69.9 Å². The van der Waals surface area contributed by atoms with Crippen molar-refractivity contribution in [1.82, 2.24) is 4.98 Å². The summed E-state index contributed by atoms with van der Waals surface area (Å²) in [6.07, 6.45) is 10.9. The molecule has 3 heteroatoms. The van der Waals surface area contributed by atoms with Gasteiger partial charge in [-0.3, -0.25) is 4.98 Å². The van der Waals surface area contributed by atoms with Crippen molar-refractivity contribution < 1.29 is 4.74 Å². The molecule has 3 unspecified atom stereocenters. The molecule has 0 radical (unpaired) electrons. The van der Waals surface area contributed by atoms with E-state index < -0.39 is 0 Å². The van der Waals surface area contributed by atoms with Gasteiger partial charge < -0.3 is 10.5 Å². The number of hydrogen-bond donors (Lipinski definition) is 1. The van der Waals surface area contributed by atoms with Crippen LogP contribution in [0.3, 0.4) is 0 Å². The Morgan fingerprint density at radius 3 is 2.86 bits per heavy atom. The summed E-state index contributed by atoms with van der Waals surface area (Å²) in [4.78, 5) is 4.61. The van der Waals surface area contributed by atoms with Gasteiger partial charge in [0, 0.05) is 30.5 Å². The van der Waals surface area contributed by atoms with Crippen LogP contribution in [0, 0.1) is 5.92 Å². The minimum Gasteiger partial charge on any atom is -0.377 e. The Labute approximate surface area is 128 Å². The van der Waals surface area contributed by atoms with Gasteiger partial charge in [-0.2, -0.15) is 0 Å². The summed E-state index contributed by atoms with van der Waals surface area (Å²) >= 11 is 0. The van der Waals surface area contributed by atoms with E-state index in [0.717, 1.165) is 19.4 Å². The number of ether oxygens (including phenoxy) is 1. The molecular weight excluding hydrogens is 260 g/mol. The van der Waals surface area contributed by atoms with E-state index in [1.165, 1.54) is 43.4 Å². The second-order valence-corrected chi connectivity index (χ2v) is 6.59. The molecule has 0 bridgehead atoms. The van der Waals surface area contributed by atoms with Crippen molar-refractivity contribution in [2.75, 3.05) is 6.61 Å². The third-order valence-electron chi connectivity index (χ3n) is 5.32. The van der Waals surface area contributed by atoms with Crippen LogP contribution >= 0.6 is 0 Å². The average Bonchev–Trinajstić information content (AvgIpc) is 2.97. The van der Waals surface area contributed by atoms with Gasteiger partial charge in [0.15, 0.2) is 0 Å². The van der Waals surface area contributed by atoms with Gasteiger partial charge in [0.05, 0.1) is 6.10 Å². The topological polar surface area (TPSA) is 48.1 Å². The largest absolute Gasteiger partial charge is 0.377 e. The van der Waals surface area contributed by atoms with E-state index in [4.69, 9.17) is 10.5 Å². The van der Waals surface area contributed by atoms with Gasteiger partial charge in [-0.05, 0) is 50.2 Å².